The van der Waals surface area contributed by atoms with Crippen molar-refractivity contribution in [1.29, 1.82) is 0 Å². The van der Waals surface area contributed by atoms with E-state index < -0.39 is 0 Å². The van der Waals surface area contributed by atoms with Crippen LogP contribution < -0.4 is 10.5 Å². The summed E-state index contributed by atoms with van der Waals surface area (Å²) < 4.78 is 6.11. The van der Waals surface area contributed by atoms with Crippen molar-refractivity contribution < 1.29 is 9.53 Å². The number of hydrogen-bond donors (Lipinski definition) is 1. The number of rotatable bonds is 4. The van der Waals surface area contributed by atoms with E-state index in [0.29, 0.717) is 23.4 Å². The van der Waals surface area contributed by atoms with Gasteiger partial charge in [-0.05, 0) is 29.8 Å². The summed E-state index contributed by atoms with van der Waals surface area (Å²) in [6.07, 6.45) is 0.324. The molecular formula is C15H14BrNO2. The molecule has 98 valence electrons. The van der Waals surface area contributed by atoms with E-state index in [4.69, 9.17) is 10.5 Å². The number of halogens is 1. The Hall–Kier alpha value is -1.81. The average molecular weight is 320 g/mol. The molecule has 0 saturated heterocycles. The molecule has 0 atom stereocenters. The number of ether oxygens (including phenoxy) is 1. The lowest BCUT2D eigenvalue weighted by molar-refractivity contribution is 0.0993. The normalized spacial score (nSPS) is 10.2. The summed E-state index contributed by atoms with van der Waals surface area (Å²) in [5.74, 6) is 0.514. The third-order valence-electron chi connectivity index (χ3n) is 2.86. The zero-order valence-electron chi connectivity index (χ0n) is 10.5. The Balaban J connectivity index is 2.23. The Labute approximate surface area is 120 Å². The Morgan fingerprint density at radius 3 is 2.53 bits per heavy atom. The van der Waals surface area contributed by atoms with Gasteiger partial charge in [0.25, 0.3) is 0 Å². The van der Waals surface area contributed by atoms with Crippen LogP contribution in [-0.4, -0.2) is 12.9 Å². The quantitative estimate of drug-likeness (QED) is 0.693. The van der Waals surface area contributed by atoms with Crippen LogP contribution in [0.4, 0.5) is 5.69 Å². The summed E-state index contributed by atoms with van der Waals surface area (Å²) >= 11 is 3.37. The van der Waals surface area contributed by atoms with Gasteiger partial charge < -0.3 is 10.5 Å². The van der Waals surface area contributed by atoms with Gasteiger partial charge in [0, 0.05) is 16.5 Å². The lowest BCUT2D eigenvalue weighted by Crippen LogP contribution is -2.08. The van der Waals surface area contributed by atoms with Crippen LogP contribution in [-0.2, 0) is 6.42 Å². The summed E-state index contributed by atoms with van der Waals surface area (Å²) in [4.78, 5) is 12.2. The minimum absolute atomic E-state index is 0.0151. The van der Waals surface area contributed by atoms with Gasteiger partial charge in [-0.2, -0.15) is 0 Å². The van der Waals surface area contributed by atoms with Gasteiger partial charge >= 0.3 is 0 Å². The Morgan fingerprint density at radius 2 is 1.89 bits per heavy atom. The lowest BCUT2D eigenvalue weighted by Gasteiger charge is -2.09. The van der Waals surface area contributed by atoms with Crippen molar-refractivity contribution in [1.82, 2.24) is 0 Å². The molecule has 0 aliphatic carbocycles. The molecule has 2 aromatic rings. The predicted octanol–water partition coefficient (Wildman–Crippen LogP) is 3.47. The first-order valence-corrected chi connectivity index (χ1v) is 6.61. The average Bonchev–Trinajstić information content (AvgIpc) is 2.41. The molecular weight excluding hydrogens is 306 g/mol. The number of hydrogen-bond acceptors (Lipinski definition) is 3. The van der Waals surface area contributed by atoms with Crippen LogP contribution in [0.3, 0.4) is 0 Å². The summed E-state index contributed by atoms with van der Waals surface area (Å²) in [6, 6.07) is 12.9. The number of anilines is 1. The molecule has 0 amide bonds. The highest BCUT2D eigenvalue weighted by Gasteiger charge is 2.13. The van der Waals surface area contributed by atoms with Gasteiger partial charge in [0.15, 0.2) is 5.78 Å². The first-order chi connectivity index (χ1) is 9.11. The van der Waals surface area contributed by atoms with Gasteiger partial charge in [-0.3, -0.25) is 4.79 Å². The van der Waals surface area contributed by atoms with E-state index >= 15 is 0 Å². The first-order valence-electron chi connectivity index (χ1n) is 5.82. The van der Waals surface area contributed by atoms with E-state index in [9.17, 15) is 4.79 Å². The van der Waals surface area contributed by atoms with Gasteiger partial charge in [-0.25, -0.2) is 0 Å². The van der Waals surface area contributed by atoms with Crippen molar-refractivity contribution in [2.45, 2.75) is 6.42 Å². The summed E-state index contributed by atoms with van der Waals surface area (Å²) in [5.41, 5.74) is 7.77. The largest absolute Gasteiger partial charge is 0.495 e. The van der Waals surface area contributed by atoms with E-state index in [2.05, 4.69) is 15.9 Å². The molecule has 0 unspecified atom stereocenters. The highest BCUT2D eigenvalue weighted by molar-refractivity contribution is 9.10. The van der Waals surface area contributed by atoms with Crippen molar-refractivity contribution >= 4 is 27.4 Å². The minimum Gasteiger partial charge on any atom is -0.495 e. The number of carbonyl (C=O) groups excluding carboxylic acids is 1. The van der Waals surface area contributed by atoms with Crippen molar-refractivity contribution in [3.8, 4) is 5.75 Å². The third-order valence-corrected chi connectivity index (χ3v) is 3.39. The standard InChI is InChI=1S/C15H14BrNO2/c1-19-14-4-2-3-12(15(14)17)13(18)9-10-5-7-11(16)8-6-10/h2-8H,9,17H2,1H3. The molecule has 0 aliphatic heterocycles. The number of carbonyl (C=O) groups is 1. The second-order valence-electron chi connectivity index (χ2n) is 4.15. The van der Waals surface area contributed by atoms with Gasteiger partial charge in [-0.1, -0.05) is 34.1 Å². The molecule has 0 bridgehead atoms. The number of nitrogens with two attached hydrogens (primary N) is 1. The first kappa shape index (κ1) is 13.6. The third kappa shape index (κ3) is 3.15. The van der Waals surface area contributed by atoms with Crippen LogP contribution in [0.2, 0.25) is 0 Å². The fourth-order valence-electron chi connectivity index (χ4n) is 1.85. The SMILES string of the molecule is COc1cccc(C(=O)Cc2ccc(Br)cc2)c1N. The second kappa shape index (κ2) is 5.89. The Kier molecular flexibility index (Phi) is 4.22. The minimum atomic E-state index is -0.0151. The number of ketones is 1. The van der Waals surface area contributed by atoms with Crippen molar-refractivity contribution in [3.63, 3.8) is 0 Å². The van der Waals surface area contributed by atoms with Gasteiger partial charge in [0.2, 0.25) is 0 Å². The van der Waals surface area contributed by atoms with Crippen LogP contribution in [0.1, 0.15) is 15.9 Å². The maximum absolute atomic E-state index is 12.2. The fraction of sp³-hybridized carbons (Fsp3) is 0.133. The molecule has 19 heavy (non-hydrogen) atoms. The molecule has 2 N–H and O–H groups in total. The van der Waals surface area contributed by atoms with Crippen LogP contribution in [0, 0.1) is 0 Å². The van der Waals surface area contributed by atoms with Gasteiger partial charge in [0.1, 0.15) is 5.75 Å². The van der Waals surface area contributed by atoms with E-state index in [1.54, 1.807) is 18.2 Å². The van der Waals surface area contributed by atoms with Crippen molar-refractivity contribution in [2.75, 3.05) is 12.8 Å². The lowest BCUT2D eigenvalue weighted by atomic mass is 10.0. The Morgan fingerprint density at radius 1 is 1.21 bits per heavy atom. The molecule has 0 fully saturated rings. The zero-order valence-corrected chi connectivity index (χ0v) is 12.1. The number of benzene rings is 2. The molecule has 0 aromatic heterocycles. The Bertz CT molecular complexity index is 594. The molecule has 4 heteroatoms. The second-order valence-corrected chi connectivity index (χ2v) is 5.06. The van der Waals surface area contributed by atoms with Crippen LogP contribution in [0.25, 0.3) is 0 Å². The molecule has 0 heterocycles. The number of Topliss-reactive ketones (excluding diaryl/α,β-unsaturated/α-hetero) is 1. The molecule has 0 saturated carbocycles. The molecule has 3 nitrogen and oxygen atoms in total. The molecule has 2 aromatic carbocycles. The van der Waals surface area contributed by atoms with Gasteiger partial charge in [-0.15, -0.1) is 0 Å². The summed E-state index contributed by atoms with van der Waals surface area (Å²) in [5, 5.41) is 0. The predicted molar refractivity (Wildman–Crippen MR) is 79.6 cm³/mol. The van der Waals surface area contributed by atoms with Crippen LogP contribution in [0.5, 0.6) is 5.75 Å². The van der Waals surface area contributed by atoms with Crippen LogP contribution >= 0.6 is 15.9 Å². The number of methoxy groups -OCH3 is 1. The van der Waals surface area contributed by atoms with Gasteiger partial charge in [0.05, 0.1) is 12.8 Å². The topological polar surface area (TPSA) is 52.3 Å². The number of nitrogen functional groups attached to an aromatic ring is 1. The van der Waals surface area contributed by atoms with Crippen molar-refractivity contribution in [2.24, 2.45) is 0 Å². The van der Waals surface area contributed by atoms with E-state index in [1.807, 2.05) is 24.3 Å². The van der Waals surface area contributed by atoms with E-state index in [1.165, 1.54) is 7.11 Å². The van der Waals surface area contributed by atoms with Crippen molar-refractivity contribution in [3.05, 3.63) is 58.1 Å². The maximum Gasteiger partial charge on any atom is 0.169 e. The number of para-hydroxylation sites is 1. The van der Waals surface area contributed by atoms with E-state index in [0.717, 1.165) is 10.0 Å². The fourth-order valence-corrected chi connectivity index (χ4v) is 2.11. The van der Waals surface area contributed by atoms with E-state index in [-0.39, 0.29) is 5.78 Å². The molecule has 0 radical (unpaired) electrons. The molecule has 0 spiro atoms. The smallest absolute Gasteiger partial charge is 0.169 e. The highest BCUT2D eigenvalue weighted by atomic mass is 79.9. The summed E-state index contributed by atoms with van der Waals surface area (Å²) in [7, 11) is 1.54. The monoisotopic (exact) mass is 319 g/mol. The highest BCUT2D eigenvalue weighted by Crippen LogP contribution is 2.26. The zero-order chi connectivity index (χ0) is 13.8. The molecule has 0 aliphatic rings. The van der Waals surface area contributed by atoms with Crippen LogP contribution in [0.15, 0.2) is 46.9 Å². The molecule has 2 rings (SSSR count). The summed E-state index contributed by atoms with van der Waals surface area (Å²) in [6.45, 7) is 0. The maximum atomic E-state index is 12.2.